The van der Waals surface area contributed by atoms with E-state index >= 15 is 0 Å². The number of carbonyl (C=O) groups excluding carboxylic acids is 2. The summed E-state index contributed by atoms with van der Waals surface area (Å²) in [6.45, 7) is 3.83. The van der Waals surface area contributed by atoms with Gasteiger partial charge in [-0.2, -0.15) is 5.26 Å². The highest BCUT2D eigenvalue weighted by Gasteiger charge is 2.39. The van der Waals surface area contributed by atoms with Crippen LogP contribution in [0.5, 0.6) is 0 Å². The lowest BCUT2D eigenvalue weighted by molar-refractivity contribution is -0.114. The minimum atomic E-state index is -0.676. The first-order valence-corrected chi connectivity index (χ1v) is 13.5. The third-order valence-corrected chi connectivity index (χ3v) is 7.87. The lowest BCUT2D eigenvalue weighted by atomic mass is 9.82. The van der Waals surface area contributed by atoms with Gasteiger partial charge in [0, 0.05) is 33.4 Å². The van der Waals surface area contributed by atoms with Crippen LogP contribution in [0, 0.1) is 17.2 Å². The number of amides is 2. The fourth-order valence-electron chi connectivity index (χ4n) is 4.16. The Bertz CT molecular complexity index is 1340. The van der Waals surface area contributed by atoms with Crippen molar-refractivity contribution >= 4 is 51.3 Å². The number of allylic oxidation sites excluding steroid dienone is 1. The van der Waals surface area contributed by atoms with Gasteiger partial charge in [-0.05, 0) is 48.6 Å². The molecule has 3 aromatic rings. The molecule has 0 saturated heterocycles. The van der Waals surface area contributed by atoms with Gasteiger partial charge in [-0.3, -0.25) is 9.59 Å². The maximum atomic E-state index is 13.4. The minimum Gasteiger partial charge on any atom is -0.325 e. The first-order chi connectivity index (χ1) is 17.5. The SMILES string of the molecule is CCc1ccccc1NC(=O)CSC1=NC(C)=C(C(=O)Nc2ccccc2)C(c2cccs2)C1C#N. The molecule has 2 amide bonds. The monoisotopic (exact) mass is 514 g/mol. The van der Waals surface area contributed by atoms with E-state index in [9.17, 15) is 14.9 Å². The Kier molecular flexibility index (Phi) is 8.36. The molecule has 1 aromatic heterocycles. The molecule has 8 heteroatoms. The van der Waals surface area contributed by atoms with Gasteiger partial charge >= 0.3 is 0 Å². The van der Waals surface area contributed by atoms with E-state index in [1.165, 1.54) is 23.1 Å². The summed E-state index contributed by atoms with van der Waals surface area (Å²) in [6, 6.07) is 23.1. The number of hydrogen-bond acceptors (Lipinski definition) is 6. The van der Waals surface area contributed by atoms with E-state index < -0.39 is 11.8 Å². The Balaban J connectivity index is 1.58. The molecule has 1 aliphatic rings. The summed E-state index contributed by atoms with van der Waals surface area (Å²) in [5.74, 6) is -1.47. The first-order valence-electron chi connectivity index (χ1n) is 11.6. The fourth-order valence-corrected chi connectivity index (χ4v) is 5.95. The van der Waals surface area contributed by atoms with Crippen LogP contribution in [0.2, 0.25) is 0 Å². The molecular weight excluding hydrogens is 488 g/mol. The van der Waals surface area contributed by atoms with Crippen LogP contribution in [0.25, 0.3) is 0 Å². The van der Waals surface area contributed by atoms with Crippen LogP contribution in [-0.4, -0.2) is 22.6 Å². The second-order valence-electron chi connectivity index (χ2n) is 8.22. The number of aliphatic imine (C=N–C) groups is 1. The Labute approximate surface area is 219 Å². The number of anilines is 2. The lowest BCUT2D eigenvalue weighted by Gasteiger charge is -2.29. The van der Waals surface area contributed by atoms with Gasteiger partial charge in [0.2, 0.25) is 5.91 Å². The maximum absolute atomic E-state index is 13.4. The van der Waals surface area contributed by atoms with Crippen LogP contribution < -0.4 is 10.6 Å². The number of thiophene rings is 1. The van der Waals surface area contributed by atoms with Crippen LogP contribution >= 0.6 is 23.1 Å². The molecule has 2 heterocycles. The van der Waals surface area contributed by atoms with E-state index in [-0.39, 0.29) is 17.6 Å². The third kappa shape index (κ3) is 5.76. The van der Waals surface area contributed by atoms with Crippen molar-refractivity contribution in [2.24, 2.45) is 10.9 Å². The minimum absolute atomic E-state index is 0.116. The van der Waals surface area contributed by atoms with Gasteiger partial charge in [0.25, 0.3) is 5.91 Å². The number of thioether (sulfide) groups is 1. The van der Waals surface area contributed by atoms with Crippen molar-refractivity contribution in [1.82, 2.24) is 0 Å². The second kappa shape index (κ2) is 11.8. The third-order valence-electron chi connectivity index (χ3n) is 5.87. The largest absolute Gasteiger partial charge is 0.325 e. The molecule has 0 radical (unpaired) electrons. The smallest absolute Gasteiger partial charge is 0.254 e. The summed E-state index contributed by atoms with van der Waals surface area (Å²) >= 11 is 2.75. The average Bonchev–Trinajstić information content (AvgIpc) is 3.42. The van der Waals surface area contributed by atoms with Crippen molar-refractivity contribution in [2.75, 3.05) is 16.4 Å². The first kappa shape index (κ1) is 25.4. The number of benzene rings is 2. The molecule has 1 aliphatic heterocycles. The average molecular weight is 515 g/mol. The van der Waals surface area contributed by atoms with Gasteiger partial charge in [0.1, 0.15) is 5.92 Å². The number of nitrogens with one attached hydrogen (secondary N) is 2. The summed E-state index contributed by atoms with van der Waals surface area (Å²) in [5, 5.41) is 18.6. The highest BCUT2D eigenvalue weighted by molar-refractivity contribution is 8.14. The van der Waals surface area contributed by atoms with E-state index in [2.05, 4.69) is 21.7 Å². The molecule has 2 unspecified atom stereocenters. The zero-order chi connectivity index (χ0) is 25.5. The lowest BCUT2D eigenvalue weighted by Crippen LogP contribution is -2.31. The van der Waals surface area contributed by atoms with Gasteiger partial charge in [-0.25, -0.2) is 4.99 Å². The highest BCUT2D eigenvalue weighted by atomic mass is 32.2. The number of hydrogen-bond donors (Lipinski definition) is 2. The van der Waals surface area contributed by atoms with E-state index in [0.717, 1.165) is 22.5 Å². The predicted octanol–water partition coefficient (Wildman–Crippen LogP) is 6.23. The second-order valence-corrected chi connectivity index (χ2v) is 10.2. The summed E-state index contributed by atoms with van der Waals surface area (Å²) in [7, 11) is 0. The van der Waals surface area contributed by atoms with Crippen molar-refractivity contribution in [3.63, 3.8) is 0 Å². The quantitative estimate of drug-likeness (QED) is 0.391. The number of carbonyl (C=O) groups is 2. The number of rotatable bonds is 7. The van der Waals surface area contributed by atoms with E-state index in [4.69, 9.17) is 0 Å². The molecule has 0 fully saturated rings. The highest BCUT2D eigenvalue weighted by Crippen LogP contribution is 2.43. The van der Waals surface area contributed by atoms with Crippen LogP contribution in [-0.2, 0) is 16.0 Å². The van der Waals surface area contributed by atoms with Gasteiger partial charge in [-0.15, -0.1) is 11.3 Å². The molecular formula is C28H26N4O2S2. The topological polar surface area (TPSA) is 94.3 Å². The molecule has 182 valence electrons. The molecule has 4 rings (SSSR count). The molecule has 0 saturated carbocycles. The normalized spacial score (nSPS) is 17.2. The van der Waals surface area contributed by atoms with Crippen molar-refractivity contribution in [2.45, 2.75) is 26.2 Å². The van der Waals surface area contributed by atoms with Crippen molar-refractivity contribution in [3.05, 3.63) is 93.8 Å². The standard InChI is InChI=1S/C28H26N4O2S2/c1-3-19-10-7-8-13-22(19)32-24(33)17-36-28-21(16-29)26(23-14-9-15-35-23)25(18(2)30-28)27(34)31-20-11-5-4-6-12-20/h4-15,21,26H,3,17H2,1-2H3,(H,31,34)(H,32,33). The van der Waals surface area contributed by atoms with Crippen LogP contribution in [0.1, 0.15) is 30.2 Å². The molecule has 6 nitrogen and oxygen atoms in total. The Hall–Kier alpha value is -3.67. The van der Waals surface area contributed by atoms with Crippen LogP contribution in [0.3, 0.4) is 0 Å². The summed E-state index contributed by atoms with van der Waals surface area (Å²) in [6.07, 6.45) is 0.813. The number of aryl methyl sites for hydroxylation is 1. The molecule has 2 aromatic carbocycles. The fraction of sp³-hybridized carbons (Fsp3) is 0.214. The zero-order valence-corrected chi connectivity index (χ0v) is 21.7. The number of nitrogens with zero attached hydrogens (tertiary/aromatic N) is 2. The Morgan fingerprint density at radius 1 is 1.06 bits per heavy atom. The Morgan fingerprint density at radius 3 is 2.50 bits per heavy atom. The van der Waals surface area contributed by atoms with E-state index in [1.54, 1.807) is 6.92 Å². The van der Waals surface area contributed by atoms with Gasteiger partial charge in [-0.1, -0.05) is 61.2 Å². The van der Waals surface area contributed by atoms with Crippen molar-refractivity contribution in [1.29, 1.82) is 5.26 Å². The maximum Gasteiger partial charge on any atom is 0.254 e. The number of para-hydroxylation sites is 2. The van der Waals surface area contributed by atoms with E-state index in [0.29, 0.717) is 22.0 Å². The van der Waals surface area contributed by atoms with Crippen molar-refractivity contribution in [3.8, 4) is 6.07 Å². The number of nitriles is 1. The van der Waals surface area contributed by atoms with Crippen LogP contribution in [0.15, 0.2) is 88.4 Å². The van der Waals surface area contributed by atoms with Crippen LogP contribution in [0.4, 0.5) is 11.4 Å². The molecule has 0 bridgehead atoms. The molecule has 2 atom stereocenters. The summed E-state index contributed by atoms with van der Waals surface area (Å²) in [4.78, 5) is 31.7. The van der Waals surface area contributed by atoms with Gasteiger partial charge in [0.05, 0.1) is 16.9 Å². The zero-order valence-electron chi connectivity index (χ0n) is 20.0. The summed E-state index contributed by atoms with van der Waals surface area (Å²) < 4.78 is 0. The van der Waals surface area contributed by atoms with Gasteiger partial charge < -0.3 is 10.6 Å². The summed E-state index contributed by atoms with van der Waals surface area (Å²) in [5.41, 5.74) is 3.55. The molecule has 36 heavy (non-hydrogen) atoms. The molecule has 0 spiro atoms. The molecule has 0 aliphatic carbocycles. The van der Waals surface area contributed by atoms with Gasteiger partial charge in [0.15, 0.2) is 0 Å². The van der Waals surface area contributed by atoms with Crippen molar-refractivity contribution < 1.29 is 9.59 Å². The molecule has 2 N–H and O–H groups in total. The van der Waals surface area contributed by atoms with E-state index in [1.807, 2.05) is 79.0 Å². The Morgan fingerprint density at radius 2 is 1.81 bits per heavy atom. The predicted molar refractivity (Wildman–Crippen MR) is 148 cm³/mol.